The van der Waals surface area contributed by atoms with Crippen molar-refractivity contribution in [3.63, 3.8) is 0 Å². The van der Waals surface area contributed by atoms with Gasteiger partial charge in [-0.1, -0.05) is 18.2 Å². The molecule has 0 unspecified atom stereocenters. The first-order valence-electron chi connectivity index (χ1n) is 9.18. The highest BCUT2D eigenvalue weighted by Crippen LogP contribution is 2.40. The maximum atomic E-state index is 6.24. The summed E-state index contributed by atoms with van der Waals surface area (Å²) in [6.07, 6.45) is 2.88. The second-order valence-corrected chi connectivity index (χ2v) is 6.68. The highest BCUT2D eigenvalue weighted by Gasteiger charge is 2.21. The summed E-state index contributed by atoms with van der Waals surface area (Å²) in [5.74, 6) is 1.76. The van der Waals surface area contributed by atoms with E-state index < -0.39 is 0 Å². The molecule has 0 saturated heterocycles. The Bertz CT molecular complexity index is 923. The number of fused-ring (bicyclic) bond motifs is 3. The topological polar surface area (TPSA) is 43.4 Å². The Balaban J connectivity index is 1.85. The Morgan fingerprint density at radius 2 is 1.96 bits per heavy atom. The minimum atomic E-state index is 0.732. The van der Waals surface area contributed by atoms with Crippen molar-refractivity contribution in [3.8, 4) is 11.5 Å². The van der Waals surface area contributed by atoms with E-state index in [-0.39, 0.29) is 0 Å². The first-order chi connectivity index (χ1) is 12.8. The van der Waals surface area contributed by atoms with Crippen molar-refractivity contribution in [2.24, 2.45) is 0 Å². The van der Waals surface area contributed by atoms with E-state index in [4.69, 9.17) is 14.5 Å². The fraction of sp³-hybridized carbons (Fsp3) is 0.318. The van der Waals surface area contributed by atoms with Gasteiger partial charge in [-0.25, -0.2) is 0 Å². The van der Waals surface area contributed by atoms with Gasteiger partial charge in [0.15, 0.2) is 0 Å². The van der Waals surface area contributed by atoms with E-state index in [1.807, 2.05) is 36.4 Å². The Morgan fingerprint density at radius 3 is 2.77 bits per heavy atom. The van der Waals surface area contributed by atoms with Gasteiger partial charge in [0.25, 0.3) is 0 Å². The predicted molar refractivity (Wildman–Crippen MR) is 105 cm³/mol. The number of hydrogen-bond donors (Lipinski definition) is 1. The first-order valence-corrected chi connectivity index (χ1v) is 9.18. The monoisotopic (exact) mass is 348 g/mol. The molecule has 0 bridgehead atoms. The van der Waals surface area contributed by atoms with Crippen LogP contribution >= 0.6 is 0 Å². The molecule has 134 valence electrons. The molecule has 0 fully saturated rings. The molecule has 0 spiro atoms. The van der Waals surface area contributed by atoms with Crippen molar-refractivity contribution < 1.29 is 9.47 Å². The van der Waals surface area contributed by atoms with Crippen LogP contribution in [0.4, 0.5) is 5.69 Å². The van der Waals surface area contributed by atoms with Crippen molar-refractivity contribution in [2.75, 3.05) is 25.6 Å². The van der Waals surface area contributed by atoms with Gasteiger partial charge >= 0.3 is 0 Å². The third kappa shape index (κ3) is 3.13. The van der Waals surface area contributed by atoms with Crippen LogP contribution < -0.4 is 10.1 Å². The van der Waals surface area contributed by atoms with Gasteiger partial charge in [0.2, 0.25) is 0 Å². The molecule has 0 amide bonds. The van der Waals surface area contributed by atoms with Gasteiger partial charge in [0.05, 0.1) is 5.52 Å². The molecular formula is C22H24N2O2. The molecule has 0 aliphatic carbocycles. The number of hydrogen-bond acceptors (Lipinski definition) is 4. The SMILES string of the molecule is COCCCc1c(Oc2ccccc2)ccc2nc(C)c3c(c12)NCC3. The summed E-state index contributed by atoms with van der Waals surface area (Å²) >= 11 is 0. The fourth-order valence-electron chi connectivity index (χ4n) is 3.73. The average molecular weight is 348 g/mol. The number of para-hydroxylation sites is 1. The summed E-state index contributed by atoms with van der Waals surface area (Å²) in [7, 11) is 1.74. The Kier molecular flexibility index (Phi) is 4.76. The zero-order valence-corrected chi connectivity index (χ0v) is 15.3. The molecule has 1 aliphatic rings. The molecular weight excluding hydrogens is 324 g/mol. The van der Waals surface area contributed by atoms with Crippen LogP contribution in [0, 0.1) is 6.92 Å². The number of methoxy groups -OCH3 is 1. The van der Waals surface area contributed by atoms with Crippen molar-refractivity contribution >= 4 is 16.6 Å². The second-order valence-electron chi connectivity index (χ2n) is 6.68. The standard InChI is InChI=1S/C22H24N2O2/c1-15-17-12-13-23-22(17)21-18(9-6-14-25-2)20(11-10-19(21)24-15)26-16-7-4-3-5-8-16/h3-5,7-8,10-11,23H,6,9,12-14H2,1-2H3. The lowest BCUT2D eigenvalue weighted by Gasteiger charge is -2.17. The van der Waals surface area contributed by atoms with Crippen LogP contribution in [0.1, 0.15) is 23.2 Å². The number of pyridine rings is 1. The lowest BCUT2D eigenvalue weighted by atomic mass is 9.98. The Morgan fingerprint density at radius 1 is 1.12 bits per heavy atom. The van der Waals surface area contributed by atoms with Gasteiger partial charge in [0, 0.05) is 42.6 Å². The van der Waals surface area contributed by atoms with Crippen LogP contribution in [-0.4, -0.2) is 25.2 Å². The highest BCUT2D eigenvalue weighted by atomic mass is 16.5. The summed E-state index contributed by atoms with van der Waals surface area (Å²) in [5, 5.41) is 4.78. The molecule has 4 nitrogen and oxygen atoms in total. The first kappa shape index (κ1) is 16.9. The number of nitrogens with zero attached hydrogens (tertiary/aromatic N) is 1. The van der Waals surface area contributed by atoms with E-state index in [2.05, 4.69) is 18.3 Å². The molecule has 4 heteroatoms. The summed E-state index contributed by atoms with van der Waals surface area (Å²) in [5.41, 5.74) is 5.93. The summed E-state index contributed by atoms with van der Waals surface area (Å²) < 4.78 is 11.5. The van der Waals surface area contributed by atoms with Crippen molar-refractivity contribution in [1.29, 1.82) is 0 Å². The van der Waals surface area contributed by atoms with Crippen LogP contribution in [-0.2, 0) is 17.6 Å². The fourth-order valence-corrected chi connectivity index (χ4v) is 3.73. The van der Waals surface area contributed by atoms with Gasteiger partial charge in [-0.2, -0.15) is 0 Å². The van der Waals surface area contributed by atoms with Gasteiger partial charge in [0.1, 0.15) is 11.5 Å². The van der Waals surface area contributed by atoms with Crippen LogP contribution in [0.2, 0.25) is 0 Å². The molecule has 0 saturated carbocycles. The number of aromatic nitrogens is 1. The van der Waals surface area contributed by atoms with Gasteiger partial charge in [-0.15, -0.1) is 0 Å². The zero-order valence-electron chi connectivity index (χ0n) is 15.3. The summed E-state index contributed by atoms with van der Waals surface area (Å²) in [6, 6.07) is 14.1. The van der Waals surface area contributed by atoms with Crippen molar-refractivity contribution in [1.82, 2.24) is 4.98 Å². The molecule has 0 radical (unpaired) electrons. The van der Waals surface area contributed by atoms with E-state index in [9.17, 15) is 0 Å². The minimum absolute atomic E-state index is 0.732. The summed E-state index contributed by atoms with van der Waals surface area (Å²) in [4.78, 5) is 4.86. The Hall–Kier alpha value is -2.59. The average Bonchev–Trinajstić information content (AvgIpc) is 3.15. The predicted octanol–water partition coefficient (Wildman–Crippen LogP) is 4.88. The molecule has 3 aromatic rings. The lowest BCUT2D eigenvalue weighted by molar-refractivity contribution is 0.195. The molecule has 4 rings (SSSR count). The highest BCUT2D eigenvalue weighted by molar-refractivity contribution is 5.98. The van der Waals surface area contributed by atoms with Crippen molar-refractivity contribution in [3.05, 3.63) is 59.3 Å². The third-order valence-electron chi connectivity index (χ3n) is 4.95. The van der Waals surface area contributed by atoms with Crippen LogP contribution in [0.25, 0.3) is 10.9 Å². The number of aryl methyl sites for hydroxylation is 2. The largest absolute Gasteiger partial charge is 0.457 e. The van der Waals surface area contributed by atoms with Gasteiger partial charge < -0.3 is 14.8 Å². The third-order valence-corrected chi connectivity index (χ3v) is 4.95. The number of rotatable bonds is 6. The number of anilines is 1. The van der Waals surface area contributed by atoms with Gasteiger partial charge in [-0.05, 0) is 56.0 Å². The number of nitrogens with one attached hydrogen (secondary N) is 1. The lowest BCUT2D eigenvalue weighted by Crippen LogP contribution is -2.01. The number of benzene rings is 2. The van der Waals surface area contributed by atoms with E-state index >= 15 is 0 Å². The van der Waals surface area contributed by atoms with Crippen LogP contribution in [0.3, 0.4) is 0 Å². The van der Waals surface area contributed by atoms with Gasteiger partial charge in [-0.3, -0.25) is 4.98 Å². The second kappa shape index (κ2) is 7.34. The van der Waals surface area contributed by atoms with E-state index in [0.29, 0.717) is 0 Å². The molecule has 0 atom stereocenters. The van der Waals surface area contributed by atoms with E-state index in [0.717, 1.165) is 55.1 Å². The maximum Gasteiger partial charge on any atom is 0.131 e. The smallest absolute Gasteiger partial charge is 0.131 e. The maximum absolute atomic E-state index is 6.24. The van der Waals surface area contributed by atoms with E-state index in [1.165, 1.54) is 22.2 Å². The molecule has 2 heterocycles. The van der Waals surface area contributed by atoms with Crippen LogP contribution in [0.15, 0.2) is 42.5 Å². The summed E-state index contributed by atoms with van der Waals surface area (Å²) in [6.45, 7) is 3.80. The zero-order chi connectivity index (χ0) is 17.9. The molecule has 1 aliphatic heterocycles. The molecule has 1 N–H and O–H groups in total. The minimum Gasteiger partial charge on any atom is -0.457 e. The van der Waals surface area contributed by atoms with Crippen LogP contribution in [0.5, 0.6) is 11.5 Å². The van der Waals surface area contributed by atoms with Crippen molar-refractivity contribution in [2.45, 2.75) is 26.2 Å². The normalized spacial score (nSPS) is 12.8. The Labute approximate surface area is 154 Å². The molecule has 1 aromatic heterocycles. The molecule has 2 aromatic carbocycles. The number of ether oxygens (including phenoxy) is 2. The molecule has 26 heavy (non-hydrogen) atoms. The van der Waals surface area contributed by atoms with E-state index in [1.54, 1.807) is 7.11 Å². The quantitative estimate of drug-likeness (QED) is 0.645.